The maximum atomic E-state index is 12.6. The molecule has 8 heteroatoms. The number of aromatic nitrogens is 5. The zero-order valence-electron chi connectivity index (χ0n) is 20.0. The van der Waals surface area contributed by atoms with Gasteiger partial charge >= 0.3 is 0 Å². The van der Waals surface area contributed by atoms with Crippen LogP contribution in [0.15, 0.2) is 78.0 Å². The number of pyridine rings is 2. The van der Waals surface area contributed by atoms with Crippen molar-refractivity contribution in [3.05, 3.63) is 73.6 Å². The Labute approximate surface area is 212 Å². The average molecular weight is 489 g/mol. The molecule has 1 aliphatic carbocycles. The number of benzene rings is 1. The van der Waals surface area contributed by atoms with E-state index >= 15 is 0 Å². The lowest BCUT2D eigenvalue weighted by Crippen LogP contribution is -2.20. The van der Waals surface area contributed by atoms with Crippen molar-refractivity contribution in [1.82, 2.24) is 25.1 Å². The Hall–Kier alpha value is -4.72. The maximum Gasteiger partial charge on any atom is 0.227 e. The lowest BCUT2D eigenvalue weighted by atomic mass is 10.0. The van der Waals surface area contributed by atoms with Gasteiger partial charge in [-0.1, -0.05) is 18.9 Å². The third kappa shape index (κ3) is 3.87. The highest BCUT2D eigenvalue weighted by Gasteiger charge is 2.23. The fraction of sp³-hybridized carbons (Fsp3) is 0.172. The van der Waals surface area contributed by atoms with E-state index in [1.54, 1.807) is 24.9 Å². The molecule has 7 rings (SSSR count). The van der Waals surface area contributed by atoms with Crippen LogP contribution in [0.25, 0.3) is 55.6 Å². The number of furan rings is 1. The molecule has 1 fully saturated rings. The van der Waals surface area contributed by atoms with Crippen molar-refractivity contribution in [2.45, 2.75) is 25.7 Å². The standard InChI is InChI=1S/C29H24N6O2/c36-29(17-3-1-2-4-17)32-21-11-20(14-30-15-21)18-5-6-25-22(12-18)28(35-34-25)26-13-23-24(33-26)7-9-31-27(23)19-8-10-37-16-19/h5-17,33H,1-4H2,(H,32,36)(H,34,35). The van der Waals surface area contributed by atoms with Gasteiger partial charge in [-0.3, -0.25) is 19.9 Å². The number of carbonyl (C=O) groups is 1. The van der Waals surface area contributed by atoms with Crippen LogP contribution < -0.4 is 5.32 Å². The van der Waals surface area contributed by atoms with Gasteiger partial charge in [0.1, 0.15) is 5.69 Å². The van der Waals surface area contributed by atoms with Gasteiger partial charge in [0.25, 0.3) is 0 Å². The monoisotopic (exact) mass is 488 g/mol. The molecule has 37 heavy (non-hydrogen) atoms. The van der Waals surface area contributed by atoms with Crippen molar-refractivity contribution in [3.63, 3.8) is 0 Å². The summed E-state index contributed by atoms with van der Waals surface area (Å²) in [5.41, 5.74) is 8.06. The number of carbonyl (C=O) groups excluding carboxylic acids is 1. The van der Waals surface area contributed by atoms with Crippen LogP contribution in [0.1, 0.15) is 25.7 Å². The van der Waals surface area contributed by atoms with Gasteiger partial charge < -0.3 is 14.7 Å². The molecule has 0 radical (unpaired) electrons. The number of hydrogen-bond donors (Lipinski definition) is 3. The number of fused-ring (bicyclic) bond motifs is 2. The molecule has 3 N–H and O–H groups in total. The van der Waals surface area contributed by atoms with Crippen molar-refractivity contribution in [2.75, 3.05) is 5.32 Å². The Morgan fingerprint density at radius 1 is 0.919 bits per heavy atom. The summed E-state index contributed by atoms with van der Waals surface area (Å²) < 4.78 is 5.27. The number of nitrogens with one attached hydrogen (secondary N) is 3. The average Bonchev–Trinajstić information content (AvgIpc) is 3.74. The summed E-state index contributed by atoms with van der Waals surface area (Å²) in [4.78, 5) is 25.1. The van der Waals surface area contributed by atoms with Crippen LogP contribution in [0.4, 0.5) is 5.69 Å². The number of H-pyrrole nitrogens is 2. The van der Waals surface area contributed by atoms with Gasteiger partial charge in [0, 0.05) is 45.7 Å². The quantitative estimate of drug-likeness (QED) is 0.254. The Bertz CT molecular complexity index is 1740. The van der Waals surface area contributed by atoms with E-state index in [2.05, 4.69) is 42.6 Å². The van der Waals surface area contributed by atoms with E-state index in [4.69, 9.17) is 4.42 Å². The SMILES string of the molecule is O=C(Nc1cncc(-c2ccc3[nH]nc(-c4cc5c(-c6ccoc6)nccc5[nH]4)c3c2)c1)C1CCCC1. The highest BCUT2D eigenvalue weighted by molar-refractivity contribution is 6.01. The smallest absolute Gasteiger partial charge is 0.227 e. The molecule has 0 saturated heterocycles. The summed E-state index contributed by atoms with van der Waals surface area (Å²) in [6.07, 6.45) is 12.8. The number of aromatic amines is 2. The second-order valence-electron chi connectivity index (χ2n) is 9.58. The molecule has 0 atom stereocenters. The summed E-state index contributed by atoms with van der Waals surface area (Å²) in [6, 6.07) is 14.1. The molecule has 0 aliphatic heterocycles. The van der Waals surface area contributed by atoms with Crippen LogP contribution in [0.3, 0.4) is 0 Å². The largest absolute Gasteiger partial charge is 0.472 e. The van der Waals surface area contributed by atoms with Gasteiger partial charge in [0.15, 0.2) is 0 Å². The topological polar surface area (TPSA) is 112 Å². The highest BCUT2D eigenvalue weighted by atomic mass is 16.3. The van der Waals surface area contributed by atoms with E-state index in [-0.39, 0.29) is 11.8 Å². The van der Waals surface area contributed by atoms with Crippen LogP contribution >= 0.6 is 0 Å². The van der Waals surface area contributed by atoms with E-state index in [0.29, 0.717) is 0 Å². The van der Waals surface area contributed by atoms with Crippen molar-refractivity contribution in [3.8, 4) is 33.8 Å². The first-order chi connectivity index (χ1) is 18.2. The zero-order chi connectivity index (χ0) is 24.8. The van der Waals surface area contributed by atoms with Gasteiger partial charge in [0.05, 0.1) is 41.3 Å². The van der Waals surface area contributed by atoms with Crippen molar-refractivity contribution in [2.24, 2.45) is 5.92 Å². The van der Waals surface area contributed by atoms with Crippen LogP contribution in [0.5, 0.6) is 0 Å². The molecule has 0 unspecified atom stereocenters. The molecule has 1 aromatic carbocycles. The summed E-state index contributed by atoms with van der Waals surface area (Å²) in [7, 11) is 0. The Kier molecular flexibility index (Phi) is 5.09. The van der Waals surface area contributed by atoms with Gasteiger partial charge in [-0.25, -0.2) is 0 Å². The number of rotatable bonds is 5. The first-order valence-electron chi connectivity index (χ1n) is 12.5. The molecule has 0 spiro atoms. The lowest BCUT2D eigenvalue weighted by Gasteiger charge is -2.11. The first-order valence-corrected chi connectivity index (χ1v) is 12.5. The van der Waals surface area contributed by atoms with E-state index in [1.807, 2.05) is 36.5 Å². The minimum atomic E-state index is 0.0899. The van der Waals surface area contributed by atoms with Crippen molar-refractivity contribution in [1.29, 1.82) is 0 Å². The van der Waals surface area contributed by atoms with Crippen LogP contribution in [-0.2, 0) is 4.79 Å². The van der Waals surface area contributed by atoms with Gasteiger partial charge in [-0.05, 0) is 54.8 Å². The minimum Gasteiger partial charge on any atom is -0.472 e. The zero-order valence-corrected chi connectivity index (χ0v) is 20.0. The number of hydrogen-bond acceptors (Lipinski definition) is 5. The summed E-state index contributed by atoms with van der Waals surface area (Å²) in [6.45, 7) is 0. The fourth-order valence-corrected chi connectivity index (χ4v) is 5.31. The molecule has 8 nitrogen and oxygen atoms in total. The second kappa shape index (κ2) is 8.74. The molecular weight excluding hydrogens is 464 g/mol. The second-order valence-corrected chi connectivity index (χ2v) is 9.58. The van der Waals surface area contributed by atoms with Gasteiger partial charge in [-0.15, -0.1) is 0 Å². The molecule has 5 aromatic heterocycles. The maximum absolute atomic E-state index is 12.6. The number of amides is 1. The molecule has 1 aliphatic rings. The predicted molar refractivity (Wildman–Crippen MR) is 143 cm³/mol. The molecular formula is C29H24N6O2. The molecule has 5 heterocycles. The van der Waals surface area contributed by atoms with Crippen molar-refractivity contribution < 1.29 is 9.21 Å². The summed E-state index contributed by atoms with van der Waals surface area (Å²) in [5.74, 6) is 0.196. The molecule has 1 amide bonds. The molecule has 1 saturated carbocycles. The van der Waals surface area contributed by atoms with E-state index in [0.717, 1.165) is 86.9 Å². The minimum absolute atomic E-state index is 0.0899. The van der Waals surface area contributed by atoms with Crippen LogP contribution in [0, 0.1) is 5.92 Å². The van der Waals surface area contributed by atoms with E-state index in [1.165, 1.54) is 0 Å². The Morgan fingerprint density at radius 2 is 1.81 bits per heavy atom. The predicted octanol–water partition coefficient (Wildman–Crippen LogP) is 6.56. The van der Waals surface area contributed by atoms with Crippen molar-refractivity contribution >= 4 is 33.4 Å². The molecule has 182 valence electrons. The molecule has 6 aromatic rings. The summed E-state index contributed by atoms with van der Waals surface area (Å²) >= 11 is 0. The van der Waals surface area contributed by atoms with E-state index in [9.17, 15) is 4.79 Å². The summed E-state index contributed by atoms with van der Waals surface area (Å²) in [5, 5.41) is 12.8. The Morgan fingerprint density at radius 3 is 2.68 bits per heavy atom. The third-order valence-electron chi connectivity index (χ3n) is 7.23. The number of anilines is 1. The fourth-order valence-electron chi connectivity index (χ4n) is 5.31. The third-order valence-corrected chi connectivity index (χ3v) is 7.23. The molecule has 0 bridgehead atoms. The van der Waals surface area contributed by atoms with Crippen LogP contribution in [0.2, 0.25) is 0 Å². The van der Waals surface area contributed by atoms with Gasteiger partial charge in [-0.2, -0.15) is 5.10 Å². The normalized spacial score (nSPS) is 14.1. The van der Waals surface area contributed by atoms with Gasteiger partial charge in [0.2, 0.25) is 5.91 Å². The van der Waals surface area contributed by atoms with E-state index < -0.39 is 0 Å². The highest BCUT2D eigenvalue weighted by Crippen LogP contribution is 2.35. The number of nitrogens with zero attached hydrogens (tertiary/aromatic N) is 3. The first kappa shape index (κ1) is 21.6. The van der Waals surface area contributed by atoms with Crippen LogP contribution in [-0.4, -0.2) is 31.1 Å². The Balaban J connectivity index is 1.25. The lowest BCUT2D eigenvalue weighted by molar-refractivity contribution is -0.119.